The Labute approximate surface area is 149 Å². The van der Waals surface area contributed by atoms with Gasteiger partial charge in [-0.3, -0.25) is 9.78 Å². The zero-order valence-electron chi connectivity index (χ0n) is 12.9. The van der Waals surface area contributed by atoms with E-state index in [1.807, 2.05) is 23.6 Å². The first-order valence-electron chi connectivity index (χ1n) is 7.57. The number of nitrogens with zero attached hydrogens (tertiary/aromatic N) is 2. The van der Waals surface area contributed by atoms with Crippen LogP contribution in [0.2, 0.25) is 5.02 Å². The average Bonchev–Trinajstić information content (AvgIpc) is 3.03. The first kappa shape index (κ1) is 16.6. The van der Waals surface area contributed by atoms with Gasteiger partial charge in [0.25, 0.3) is 0 Å². The topological polar surface area (TPSA) is 54.9 Å². The van der Waals surface area contributed by atoms with Crippen LogP contribution in [-0.2, 0) is 24.1 Å². The summed E-state index contributed by atoms with van der Waals surface area (Å²) in [6.07, 6.45) is 3.75. The number of rotatable bonds is 6. The lowest BCUT2D eigenvalue weighted by molar-refractivity contribution is -0.115. The van der Waals surface area contributed by atoms with E-state index >= 15 is 0 Å². The normalized spacial score (nSPS) is 10.5. The fraction of sp³-hybridized carbons (Fsp3) is 0.167. The summed E-state index contributed by atoms with van der Waals surface area (Å²) in [5.74, 6) is -0.0844. The van der Waals surface area contributed by atoms with Gasteiger partial charge in [-0.05, 0) is 42.8 Å². The summed E-state index contributed by atoms with van der Waals surface area (Å²) < 4.78 is 0. The highest BCUT2D eigenvalue weighted by molar-refractivity contribution is 7.09. The largest absolute Gasteiger partial charge is 0.326 e. The lowest BCUT2D eigenvalue weighted by Gasteiger charge is -2.03. The number of nitrogens with one attached hydrogen (secondary N) is 1. The van der Waals surface area contributed by atoms with Crippen molar-refractivity contribution in [1.82, 2.24) is 9.97 Å². The van der Waals surface area contributed by atoms with Gasteiger partial charge in [-0.25, -0.2) is 4.98 Å². The van der Waals surface area contributed by atoms with E-state index in [0.29, 0.717) is 5.02 Å². The Balaban J connectivity index is 1.51. The smallest absolute Gasteiger partial charge is 0.230 e. The van der Waals surface area contributed by atoms with E-state index < -0.39 is 0 Å². The number of aryl methyl sites for hydroxylation is 2. The number of hydrogen-bond donors (Lipinski definition) is 1. The van der Waals surface area contributed by atoms with Gasteiger partial charge in [0.15, 0.2) is 0 Å². The fourth-order valence-corrected chi connectivity index (χ4v) is 3.15. The summed E-state index contributed by atoms with van der Waals surface area (Å²) in [7, 11) is 0. The lowest BCUT2D eigenvalue weighted by atomic mass is 10.2. The zero-order chi connectivity index (χ0) is 16.8. The molecule has 0 aliphatic heterocycles. The molecule has 0 aliphatic rings. The molecule has 0 aliphatic carbocycles. The summed E-state index contributed by atoms with van der Waals surface area (Å²) in [5, 5.41) is 6.45. The molecule has 0 spiro atoms. The number of carbonyl (C=O) groups is 1. The minimum absolute atomic E-state index is 0.0844. The third-order valence-electron chi connectivity index (χ3n) is 3.39. The van der Waals surface area contributed by atoms with Gasteiger partial charge in [0.1, 0.15) is 0 Å². The van der Waals surface area contributed by atoms with E-state index in [0.717, 1.165) is 34.9 Å². The second-order valence-corrected chi connectivity index (χ2v) is 6.66. The van der Waals surface area contributed by atoms with Gasteiger partial charge < -0.3 is 5.32 Å². The number of carbonyl (C=O) groups excluding carboxylic acids is 1. The van der Waals surface area contributed by atoms with Crippen molar-refractivity contribution in [3.8, 4) is 0 Å². The van der Waals surface area contributed by atoms with Crippen molar-refractivity contribution >= 4 is 34.5 Å². The predicted molar refractivity (Wildman–Crippen MR) is 97.5 cm³/mol. The molecule has 0 unspecified atom stereocenters. The van der Waals surface area contributed by atoms with E-state index in [-0.39, 0.29) is 12.3 Å². The number of anilines is 1. The first-order valence-corrected chi connectivity index (χ1v) is 8.83. The van der Waals surface area contributed by atoms with Gasteiger partial charge in [0.2, 0.25) is 5.91 Å². The van der Waals surface area contributed by atoms with E-state index in [2.05, 4.69) is 15.3 Å². The van der Waals surface area contributed by atoms with Crippen LogP contribution in [0.1, 0.15) is 16.4 Å². The molecule has 1 amide bonds. The van der Waals surface area contributed by atoms with Gasteiger partial charge in [0, 0.05) is 34.4 Å². The molecule has 1 aromatic carbocycles. The molecule has 2 aromatic heterocycles. The van der Waals surface area contributed by atoms with E-state index in [9.17, 15) is 4.79 Å². The molecule has 4 nitrogen and oxygen atoms in total. The van der Waals surface area contributed by atoms with Crippen molar-refractivity contribution in [1.29, 1.82) is 0 Å². The number of benzene rings is 1. The maximum absolute atomic E-state index is 12.1. The fourth-order valence-electron chi connectivity index (χ4n) is 2.23. The Bertz CT molecular complexity index is 803. The summed E-state index contributed by atoms with van der Waals surface area (Å²) in [5.41, 5.74) is 2.58. The van der Waals surface area contributed by atoms with Crippen LogP contribution >= 0.6 is 22.9 Å². The van der Waals surface area contributed by atoms with Crippen molar-refractivity contribution in [2.75, 3.05) is 5.32 Å². The molecule has 0 fully saturated rings. The number of aromatic nitrogens is 2. The van der Waals surface area contributed by atoms with Gasteiger partial charge in [-0.15, -0.1) is 11.3 Å². The van der Waals surface area contributed by atoms with E-state index in [4.69, 9.17) is 11.6 Å². The standard InChI is InChI=1S/C18H16ClN3OS/c19-13-4-6-15(7-5-13)21-17(23)11-16-12-24-18(22-16)9-8-14-3-1-2-10-20-14/h1-7,10,12H,8-9,11H2,(H,21,23). The Kier molecular flexibility index (Phi) is 5.56. The average molecular weight is 358 g/mol. The van der Waals surface area contributed by atoms with E-state index in [1.54, 1.807) is 41.8 Å². The molecule has 122 valence electrons. The molecule has 1 N–H and O–H groups in total. The first-order chi connectivity index (χ1) is 11.7. The molecular formula is C18H16ClN3OS. The van der Waals surface area contributed by atoms with Crippen molar-refractivity contribution in [3.63, 3.8) is 0 Å². The second kappa shape index (κ2) is 8.04. The van der Waals surface area contributed by atoms with E-state index in [1.165, 1.54) is 0 Å². The third kappa shape index (κ3) is 4.88. The van der Waals surface area contributed by atoms with Gasteiger partial charge in [-0.1, -0.05) is 17.7 Å². The summed E-state index contributed by atoms with van der Waals surface area (Å²) >= 11 is 7.41. The molecule has 2 heterocycles. The Morgan fingerprint density at radius 1 is 1.08 bits per heavy atom. The van der Waals surface area contributed by atoms with Crippen molar-refractivity contribution in [2.45, 2.75) is 19.3 Å². The molecule has 24 heavy (non-hydrogen) atoms. The van der Waals surface area contributed by atoms with Crippen molar-refractivity contribution in [2.24, 2.45) is 0 Å². The number of thiazole rings is 1. The lowest BCUT2D eigenvalue weighted by Crippen LogP contribution is -2.14. The molecule has 0 saturated heterocycles. The summed E-state index contributed by atoms with van der Waals surface area (Å²) in [4.78, 5) is 20.9. The minimum Gasteiger partial charge on any atom is -0.326 e. The summed E-state index contributed by atoms with van der Waals surface area (Å²) in [6.45, 7) is 0. The van der Waals surface area contributed by atoms with Crippen molar-refractivity contribution in [3.05, 3.63) is 75.5 Å². The third-order valence-corrected chi connectivity index (χ3v) is 4.60. The highest BCUT2D eigenvalue weighted by Gasteiger charge is 2.08. The highest BCUT2D eigenvalue weighted by atomic mass is 35.5. The van der Waals surface area contributed by atoms with Crippen LogP contribution in [0.5, 0.6) is 0 Å². The van der Waals surface area contributed by atoms with Crippen LogP contribution in [0.3, 0.4) is 0 Å². The Hall–Kier alpha value is -2.24. The monoisotopic (exact) mass is 357 g/mol. The van der Waals surface area contributed by atoms with Crippen LogP contribution in [0.4, 0.5) is 5.69 Å². The molecule has 3 aromatic rings. The highest BCUT2D eigenvalue weighted by Crippen LogP contribution is 2.15. The van der Waals surface area contributed by atoms with Gasteiger partial charge in [0.05, 0.1) is 17.1 Å². The number of pyridine rings is 1. The maximum atomic E-state index is 12.1. The Morgan fingerprint density at radius 3 is 2.67 bits per heavy atom. The summed E-state index contributed by atoms with van der Waals surface area (Å²) in [6, 6.07) is 12.9. The number of halogens is 1. The molecule has 0 radical (unpaired) electrons. The minimum atomic E-state index is -0.0844. The van der Waals surface area contributed by atoms with Crippen LogP contribution in [-0.4, -0.2) is 15.9 Å². The zero-order valence-corrected chi connectivity index (χ0v) is 14.5. The second-order valence-electron chi connectivity index (χ2n) is 5.29. The van der Waals surface area contributed by atoms with Gasteiger partial charge >= 0.3 is 0 Å². The number of amides is 1. The SMILES string of the molecule is O=C(Cc1csc(CCc2ccccn2)n1)Nc1ccc(Cl)cc1. The molecule has 3 rings (SSSR count). The number of hydrogen-bond acceptors (Lipinski definition) is 4. The van der Waals surface area contributed by atoms with Crippen LogP contribution in [0.25, 0.3) is 0 Å². The maximum Gasteiger partial charge on any atom is 0.230 e. The molecular weight excluding hydrogens is 342 g/mol. The van der Waals surface area contributed by atoms with Gasteiger partial charge in [-0.2, -0.15) is 0 Å². The molecule has 6 heteroatoms. The molecule has 0 saturated carbocycles. The predicted octanol–water partition coefficient (Wildman–Crippen LogP) is 4.16. The van der Waals surface area contributed by atoms with Crippen LogP contribution in [0.15, 0.2) is 54.0 Å². The van der Waals surface area contributed by atoms with Crippen LogP contribution < -0.4 is 5.32 Å². The quantitative estimate of drug-likeness (QED) is 0.720. The van der Waals surface area contributed by atoms with Crippen molar-refractivity contribution < 1.29 is 4.79 Å². The molecule has 0 bridgehead atoms. The Morgan fingerprint density at radius 2 is 1.92 bits per heavy atom. The van der Waals surface area contributed by atoms with Crippen LogP contribution in [0, 0.1) is 0 Å². The molecule has 0 atom stereocenters.